The molecule has 0 unspecified atom stereocenters. The fourth-order valence-electron chi connectivity index (χ4n) is 2.10. The zero-order chi connectivity index (χ0) is 13.1. The molecule has 3 aliphatic heterocycles. The molecule has 3 saturated heterocycles. The number of hydrogen-bond donors (Lipinski definition) is 0. The second-order valence-electron chi connectivity index (χ2n) is 6.24. The van der Waals surface area contributed by atoms with Gasteiger partial charge < -0.3 is 14.2 Å². The van der Waals surface area contributed by atoms with Gasteiger partial charge in [0.05, 0.1) is 19.8 Å². The minimum atomic E-state index is -1.20. The van der Waals surface area contributed by atoms with Gasteiger partial charge in [-0.25, -0.2) is 0 Å². The molecular formula is C14H24O3Si. The van der Waals surface area contributed by atoms with E-state index in [-0.39, 0.29) is 0 Å². The first kappa shape index (κ1) is 14.1. The number of unbranched alkanes of at least 4 members (excludes halogenated alkanes) is 2. The van der Waals surface area contributed by atoms with Crippen molar-refractivity contribution in [3.8, 4) is 11.5 Å². The van der Waals surface area contributed by atoms with Gasteiger partial charge in [-0.2, -0.15) is 0 Å². The van der Waals surface area contributed by atoms with Crippen LogP contribution in [0.5, 0.6) is 0 Å². The first-order valence-electron chi connectivity index (χ1n) is 6.91. The van der Waals surface area contributed by atoms with Crippen molar-refractivity contribution in [2.24, 2.45) is 5.92 Å². The van der Waals surface area contributed by atoms with Gasteiger partial charge in [-0.05, 0) is 12.8 Å². The molecule has 0 aromatic heterocycles. The Labute approximate surface area is 111 Å². The smallest absolute Gasteiger partial charge is 0.282 e. The van der Waals surface area contributed by atoms with Crippen molar-refractivity contribution in [2.45, 2.75) is 51.3 Å². The van der Waals surface area contributed by atoms with Crippen LogP contribution in [0, 0.1) is 17.4 Å². The van der Waals surface area contributed by atoms with Crippen molar-refractivity contribution >= 4 is 8.07 Å². The predicted octanol–water partition coefficient (Wildman–Crippen LogP) is 2.77. The number of rotatable bonds is 4. The van der Waals surface area contributed by atoms with Crippen LogP contribution >= 0.6 is 0 Å². The van der Waals surface area contributed by atoms with Crippen molar-refractivity contribution in [1.29, 1.82) is 0 Å². The van der Waals surface area contributed by atoms with Gasteiger partial charge >= 0.3 is 0 Å². The van der Waals surface area contributed by atoms with Crippen LogP contribution in [0.3, 0.4) is 0 Å². The molecular weight excluding hydrogens is 244 g/mol. The van der Waals surface area contributed by atoms with E-state index >= 15 is 0 Å². The van der Waals surface area contributed by atoms with Gasteiger partial charge in [0.25, 0.3) is 5.97 Å². The fraction of sp³-hybridized carbons (Fsp3) is 0.857. The van der Waals surface area contributed by atoms with Crippen LogP contribution in [-0.2, 0) is 14.2 Å². The lowest BCUT2D eigenvalue weighted by Crippen LogP contribution is -2.53. The van der Waals surface area contributed by atoms with Gasteiger partial charge in [0.1, 0.15) is 8.07 Å². The van der Waals surface area contributed by atoms with E-state index in [1.54, 1.807) is 0 Å². The summed E-state index contributed by atoms with van der Waals surface area (Å²) in [6.45, 7) is 9.18. The maximum atomic E-state index is 5.65. The van der Waals surface area contributed by atoms with Gasteiger partial charge in [-0.3, -0.25) is 0 Å². The third-order valence-electron chi connectivity index (χ3n) is 3.11. The summed E-state index contributed by atoms with van der Waals surface area (Å²) in [5.74, 6) is 3.01. The van der Waals surface area contributed by atoms with Crippen molar-refractivity contribution in [2.75, 3.05) is 19.8 Å². The van der Waals surface area contributed by atoms with Crippen LogP contribution in [0.25, 0.3) is 0 Å². The fourth-order valence-corrected chi connectivity index (χ4v) is 2.76. The minimum Gasteiger partial charge on any atom is -0.327 e. The molecule has 0 radical (unpaired) electrons. The van der Waals surface area contributed by atoms with Crippen LogP contribution in [0.2, 0.25) is 19.6 Å². The topological polar surface area (TPSA) is 27.7 Å². The molecule has 0 aliphatic carbocycles. The second kappa shape index (κ2) is 5.75. The van der Waals surface area contributed by atoms with E-state index in [4.69, 9.17) is 14.2 Å². The van der Waals surface area contributed by atoms with E-state index in [1.807, 2.05) is 0 Å². The summed E-state index contributed by atoms with van der Waals surface area (Å²) in [5, 5.41) is 0. The highest BCUT2D eigenvalue weighted by molar-refractivity contribution is 6.83. The van der Waals surface area contributed by atoms with E-state index in [0.717, 1.165) is 45.5 Å². The maximum absolute atomic E-state index is 5.65. The molecule has 102 valence electrons. The highest BCUT2D eigenvalue weighted by Crippen LogP contribution is 2.34. The molecule has 2 bridgehead atoms. The van der Waals surface area contributed by atoms with Gasteiger partial charge in [0, 0.05) is 18.8 Å². The second-order valence-corrected chi connectivity index (χ2v) is 11.0. The van der Waals surface area contributed by atoms with Crippen molar-refractivity contribution < 1.29 is 14.2 Å². The van der Waals surface area contributed by atoms with E-state index < -0.39 is 14.0 Å². The SMILES string of the molecule is C[Si](C)(C)C#CCCCCC12OCC(CO1)CO2. The number of fused-ring (bicyclic) bond motifs is 3. The molecule has 0 aromatic carbocycles. The predicted molar refractivity (Wildman–Crippen MR) is 73.7 cm³/mol. The summed E-state index contributed by atoms with van der Waals surface area (Å²) in [6, 6.07) is 0. The molecule has 3 nitrogen and oxygen atoms in total. The lowest BCUT2D eigenvalue weighted by atomic mass is 10.1. The highest BCUT2D eigenvalue weighted by Gasteiger charge is 2.43. The van der Waals surface area contributed by atoms with Crippen LogP contribution in [0.4, 0.5) is 0 Å². The van der Waals surface area contributed by atoms with Crippen LogP contribution < -0.4 is 0 Å². The summed E-state index contributed by atoms with van der Waals surface area (Å²) in [4.78, 5) is 0. The minimum absolute atomic E-state index is 0.439. The first-order valence-corrected chi connectivity index (χ1v) is 10.4. The summed E-state index contributed by atoms with van der Waals surface area (Å²) in [7, 11) is -1.20. The van der Waals surface area contributed by atoms with Crippen LogP contribution in [0.15, 0.2) is 0 Å². The molecule has 3 fully saturated rings. The highest BCUT2D eigenvalue weighted by atomic mass is 28.3. The van der Waals surface area contributed by atoms with E-state index in [2.05, 4.69) is 31.1 Å². The average Bonchev–Trinajstić information content (AvgIpc) is 2.35. The van der Waals surface area contributed by atoms with Crippen molar-refractivity contribution in [3.05, 3.63) is 0 Å². The molecule has 0 spiro atoms. The average molecular weight is 268 g/mol. The Balaban J connectivity index is 1.64. The molecule has 18 heavy (non-hydrogen) atoms. The third kappa shape index (κ3) is 4.10. The molecule has 3 rings (SSSR count). The maximum Gasteiger partial charge on any atom is 0.282 e. The van der Waals surface area contributed by atoms with Crippen molar-refractivity contribution in [1.82, 2.24) is 0 Å². The summed E-state index contributed by atoms with van der Waals surface area (Å²) in [6.07, 6.45) is 3.95. The Morgan fingerprint density at radius 1 is 1.06 bits per heavy atom. The monoisotopic (exact) mass is 268 g/mol. The summed E-state index contributed by atoms with van der Waals surface area (Å²) < 4.78 is 17.0. The molecule has 3 heterocycles. The quantitative estimate of drug-likeness (QED) is 0.446. The normalized spacial score (nSPS) is 30.9. The Kier molecular flexibility index (Phi) is 4.49. The van der Waals surface area contributed by atoms with E-state index in [1.165, 1.54) is 0 Å². The number of hydrogen-bond acceptors (Lipinski definition) is 3. The summed E-state index contributed by atoms with van der Waals surface area (Å²) in [5.41, 5.74) is 3.39. The molecule has 0 aromatic rings. The lowest BCUT2D eigenvalue weighted by Gasteiger charge is -2.45. The van der Waals surface area contributed by atoms with Crippen LogP contribution in [-0.4, -0.2) is 33.9 Å². The first-order chi connectivity index (χ1) is 8.49. The molecule has 3 aliphatic rings. The van der Waals surface area contributed by atoms with Gasteiger partial charge in [0.2, 0.25) is 0 Å². The van der Waals surface area contributed by atoms with Crippen molar-refractivity contribution in [3.63, 3.8) is 0 Å². The zero-order valence-corrected chi connectivity index (χ0v) is 12.8. The Morgan fingerprint density at radius 2 is 1.67 bits per heavy atom. The zero-order valence-electron chi connectivity index (χ0n) is 11.8. The van der Waals surface area contributed by atoms with E-state index in [9.17, 15) is 0 Å². The lowest BCUT2D eigenvalue weighted by molar-refractivity contribution is -0.450. The Bertz CT molecular complexity index is 315. The molecule has 4 heteroatoms. The third-order valence-corrected chi connectivity index (χ3v) is 4.04. The summed E-state index contributed by atoms with van der Waals surface area (Å²) >= 11 is 0. The van der Waals surface area contributed by atoms with Gasteiger partial charge in [-0.1, -0.05) is 19.6 Å². The molecule has 0 atom stereocenters. The van der Waals surface area contributed by atoms with Gasteiger partial charge in [0.15, 0.2) is 0 Å². The van der Waals surface area contributed by atoms with E-state index in [0.29, 0.717) is 5.92 Å². The largest absolute Gasteiger partial charge is 0.327 e. The standard InChI is InChI=1S/C14H24O3Si/c1-18(2,3)9-7-5-4-6-8-14-15-10-13(11-16-14)12-17-14/h13H,4-6,8,10-12H2,1-3H3. The van der Waals surface area contributed by atoms with Crippen LogP contribution in [0.1, 0.15) is 25.7 Å². The molecule has 0 saturated carbocycles. The number of ether oxygens (including phenoxy) is 3. The molecule has 0 N–H and O–H groups in total. The van der Waals surface area contributed by atoms with Gasteiger partial charge in [-0.15, -0.1) is 11.5 Å². The Hall–Kier alpha value is -0.343. The molecule has 0 amide bonds. The Morgan fingerprint density at radius 3 is 2.22 bits per heavy atom.